The van der Waals surface area contributed by atoms with Gasteiger partial charge in [0.2, 0.25) is 0 Å². The van der Waals surface area contributed by atoms with E-state index in [0.717, 1.165) is 18.3 Å². The van der Waals surface area contributed by atoms with Crippen LogP contribution >= 0.6 is 0 Å². The number of pyridine rings is 1. The molecule has 0 amide bonds. The van der Waals surface area contributed by atoms with Gasteiger partial charge in [0, 0.05) is 12.4 Å². The number of aromatic nitrogens is 1. The van der Waals surface area contributed by atoms with Crippen LogP contribution in [0.25, 0.3) is 0 Å². The molecule has 1 aromatic heterocycles. The molecule has 0 fully saturated rings. The number of halogens is 1. The molecule has 0 atom stereocenters. The first-order valence-electron chi connectivity index (χ1n) is 5.36. The van der Waals surface area contributed by atoms with E-state index in [9.17, 15) is 12.8 Å². The molecule has 0 aliphatic carbocycles. The van der Waals surface area contributed by atoms with E-state index in [1.165, 1.54) is 18.3 Å². The summed E-state index contributed by atoms with van der Waals surface area (Å²) in [5.41, 5.74) is 5.37. The Labute approximate surface area is 114 Å². The first kappa shape index (κ1) is 13.8. The van der Waals surface area contributed by atoms with Crippen LogP contribution in [0.2, 0.25) is 0 Å². The van der Waals surface area contributed by atoms with Crippen molar-refractivity contribution in [2.24, 2.45) is 0 Å². The Kier molecular flexibility index (Phi) is 3.54. The standard InChI is InChI=1S/C12H9FN4O2S/c13-9-5-8(6-14)1-2-11(9)17-20(18,19)12-7-16-4-3-10(12)15/h1-5,7,17H,(H2,15,16). The minimum absolute atomic E-state index is 0.00144. The number of hydrogen-bond acceptors (Lipinski definition) is 5. The summed E-state index contributed by atoms with van der Waals surface area (Å²) in [6.07, 6.45) is 2.41. The molecule has 0 spiro atoms. The van der Waals surface area contributed by atoms with E-state index in [0.29, 0.717) is 0 Å². The van der Waals surface area contributed by atoms with Gasteiger partial charge in [0.25, 0.3) is 10.0 Å². The zero-order chi connectivity index (χ0) is 14.8. The number of nitrogen functional groups attached to an aromatic ring is 1. The van der Waals surface area contributed by atoms with Gasteiger partial charge in [0.15, 0.2) is 0 Å². The highest BCUT2D eigenvalue weighted by atomic mass is 32.2. The summed E-state index contributed by atoms with van der Waals surface area (Å²) in [5.74, 6) is -0.852. The molecule has 0 radical (unpaired) electrons. The molecule has 2 aromatic rings. The second-order valence-electron chi connectivity index (χ2n) is 3.83. The number of nitrogens with one attached hydrogen (secondary N) is 1. The highest BCUT2D eigenvalue weighted by molar-refractivity contribution is 7.92. The molecule has 6 nitrogen and oxygen atoms in total. The van der Waals surface area contributed by atoms with Crippen LogP contribution in [0.1, 0.15) is 5.56 Å². The molecule has 0 aliphatic heterocycles. The summed E-state index contributed by atoms with van der Waals surface area (Å²) < 4.78 is 39.9. The predicted octanol–water partition coefficient (Wildman–Crippen LogP) is 1.48. The second-order valence-corrected chi connectivity index (χ2v) is 5.48. The summed E-state index contributed by atoms with van der Waals surface area (Å²) in [7, 11) is -4.05. The van der Waals surface area contributed by atoms with Gasteiger partial charge in [-0.15, -0.1) is 0 Å². The molecule has 0 saturated heterocycles. The molecule has 1 aromatic carbocycles. The van der Waals surface area contributed by atoms with Crippen LogP contribution in [0.4, 0.5) is 15.8 Å². The normalized spacial score (nSPS) is 10.8. The average Bonchev–Trinajstić information content (AvgIpc) is 2.41. The lowest BCUT2D eigenvalue weighted by atomic mass is 10.2. The maximum absolute atomic E-state index is 13.7. The first-order chi connectivity index (χ1) is 9.44. The van der Waals surface area contributed by atoms with Gasteiger partial charge in [-0.3, -0.25) is 9.71 Å². The molecule has 1 heterocycles. The molecule has 0 saturated carbocycles. The highest BCUT2D eigenvalue weighted by Gasteiger charge is 2.19. The minimum atomic E-state index is -4.05. The van der Waals surface area contributed by atoms with E-state index in [2.05, 4.69) is 9.71 Å². The van der Waals surface area contributed by atoms with Crippen LogP contribution in [0.3, 0.4) is 0 Å². The summed E-state index contributed by atoms with van der Waals surface area (Å²) >= 11 is 0. The smallest absolute Gasteiger partial charge is 0.265 e. The van der Waals surface area contributed by atoms with Gasteiger partial charge in [-0.1, -0.05) is 0 Å². The molecule has 20 heavy (non-hydrogen) atoms. The van der Waals surface area contributed by atoms with Gasteiger partial charge >= 0.3 is 0 Å². The van der Waals surface area contributed by atoms with Gasteiger partial charge < -0.3 is 5.73 Å². The van der Waals surface area contributed by atoms with E-state index >= 15 is 0 Å². The van der Waals surface area contributed by atoms with Crippen molar-refractivity contribution in [2.45, 2.75) is 4.90 Å². The fourth-order valence-electron chi connectivity index (χ4n) is 1.48. The van der Waals surface area contributed by atoms with Crippen LogP contribution in [0.5, 0.6) is 0 Å². The molecular formula is C12H9FN4O2S. The van der Waals surface area contributed by atoms with Crippen molar-refractivity contribution in [2.75, 3.05) is 10.5 Å². The zero-order valence-electron chi connectivity index (χ0n) is 10.0. The van der Waals surface area contributed by atoms with E-state index in [1.807, 2.05) is 0 Å². The van der Waals surface area contributed by atoms with Crippen molar-refractivity contribution in [3.05, 3.63) is 48.0 Å². The number of benzene rings is 1. The lowest BCUT2D eigenvalue weighted by Crippen LogP contribution is -2.16. The molecule has 2 rings (SSSR count). The van der Waals surface area contributed by atoms with Crippen LogP contribution < -0.4 is 10.5 Å². The Morgan fingerprint density at radius 3 is 2.70 bits per heavy atom. The molecule has 3 N–H and O–H groups in total. The zero-order valence-corrected chi connectivity index (χ0v) is 10.9. The third kappa shape index (κ3) is 2.67. The van der Waals surface area contributed by atoms with Crippen molar-refractivity contribution in [3.63, 3.8) is 0 Å². The van der Waals surface area contributed by atoms with Gasteiger partial charge in [0.1, 0.15) is 10.7 Å². The lowest BCUT2D eigenvalue weighted by molar-refractivity contribution is 0.598. The fraction of sp³-hybridized carbons (Fsp3) is 0. The quantitative estimate of drug-likeness (QED) is 0.890. The number of anilines is 2. The minimum Gasteiger partial charge on any atom is -0.398 e. The Bertz CT molecular complexity index is 799. The van der Waals surface area contributed by atoms with Crippen LogP contribution in [-0.2, 0) is 10.0 Å². The van der Waals surface area contributed by atoms with Gasteiger partial charge in [0.05, 0.1) is 23.0 Å². The van der Waals surface area contributed by atoms with Crippen molar-refractivity contribution in [3.8, 4) is 6.07 Å². The molecular weight excluding hydrogens is 283 g/mol. The first-order valence-corrected chi connectivity index (χ1v) is 6.84. The van der Waals surface area contributed by atoms with E-state index < -0.39 is 15.8 Å². The summed E-state index contributed by atoms with van der Waals surface area (Å²) in [4.78, 5) is 3.42. The van der Waals surface area contributed by atoms with Crippen molar-refractivity contribution >= 4 is 21.4 Å². The maximum atomic E-state index is 13.7. The SMILES string of the molecule is N#Cc1ccc(NS(=O)(=O)c2cnccc2N)c(F)c1. The third-order valence-electron chi connectivity index (χ3n) is 2.45. The second kappa shape index (κ2) is 5.14. The van der Waals surface area contributed by atoms with E-state index in [4.69, 9.17) is 11.0 Å². The monoisotopic (exact) mass is 292 g/mol. The Balaban J connectivity index is 2.40. The fourth-order valence-corrected chi connectivity index (χ4v) is 2.63. The molecule has 0 bridgehead atoms. The van der Waals surface area contributed by atoms with Crippen LogP contribution in [0, 0.1) is 17.1 Å². The average molecular weight is 292 g/mol. The number of nitriles is 1. The number of hydrogen-bond donors (Lipinski definition) is 2. The van der Waals surface area contributed by atoms with E-state index in [1.54, 1.807) is 6.07 Å². The number of rotatable bonds is 3. The highest BCUT2D eigenvalue weighted by Crippen LogP contribution is 2.22. The van der Waals surface area contributed by atoms with E-state index in [-0.39, 0.29) is 21.8 Å². The largest absolute Gasteiger partial charge is 0.398 e. The van der Waals surface area contributed by atoms with Crippen molar-refractivity contribution in [1.29, 1.82) is 5.26 Å². The maximum Gasteiger partial charge on any atom is 0.265 e. The lowest BCUT2D eigenvalue weighted by Gasteiger charge is -2.10. The summed E-state index contributed by atoms with van der Waals surface area (Å²) in [5, 5.41) is 8.62. The van der Waals surface area contributed by atoms with Crippen LogP contribution in [0.15, 0.2) is 41.6 Å². The van der Waals surface area contributed by atoms with Crippen molar-refractivity contribution < 1.29 is 12.8 Å². The van der Waals surface area contributed by atoms with Crippen molar-refractivity contribution in [1.82, 2.24) is 4.98 Å². The Morgan fingerprint density at radius 2 is 2.10 bits per heavy atom. The summed E-state index contributed by atoms with van der Waals surface area (Å²) in [6, 6.07) is 6.47. The van der Waals surface area contributed by atoms with Gasteiger partial charge in [-0.25, -0.2) is 12.8 Å². The third-order valence-corrected chi connectivity index (χ3v) is 3.86. The number of sulfonamides is 1. The topological polar surface area (TPSA) is 109 Å². The number of nitrogens with two attached hydrogens (primary N) is 1. The van der Waals surface area contributed by atoms with Crippen LogP contribution in [-0.4, -0.2) is 13.4 Å². The Hall–Kier alpha value is -2.66. The number of nitrogens with zero attached hydrogens (tertiary/aromatic N) is 2. The van der Waals surface area contributed by atoms with Gasteiger partial charge in [-0.2, -0.15) is 5.26 Å². The molecule has 8 heteroatoms. The van der Waals surface area contributed by atoms with Gasteiger partial charge in [-0.05, 0) is 24.3 Å². The molecule has 102 valence electrons. The Morgan fingerprint density at radius 1 is 1.35 bits per heavy atom. The summed E-state index contributed by atoms with van der Waals surface area (Å²) in [6.45, 7) is 0. The molecule has 0 unspecified atom stereocenters. The predicted molar refractivity (Wildman–Crippen MR) is 70.6 cm³/mol. The molecule has 0 aliphatic rings.